The Morgan fingerprint density at radius 3 is 0.950 bits per heavy atom. The zero-order valence-electron chi connectivity index (χ0n) is 15.2. The summed E-state index contributed by atoms with van der Waals surface area (Å²) in [7, 11) is 0. The van der Waals surface area contributed by atoms with E-state index in [4.69, 9.17) is 19.6 Å². The highest BCUT2D eigenvalue weighted by Gasteiger charge is 2.42. The van der Waals surface area contributed by atoms with Gasteiger partial charge < -0.3 is 0 Å². The quantitative estimate of drug-likeness (QED) is 0.526. The second-order valence-electron chi connectivity index (χ2n) is 8.49. The molecule has 0 aromatic rings. The fourth-order valence-electron chi connectivity index (χ4n) is 1.45. The van der Waals surface area contributed by atoms with Crippen LogP contribution in [0.4, 0.5) is 0 Å². The van der Waals surface area contributed by atoms with E-state index < -0.39 is 11.2 Å². The lowest BCUT2D eigenvalue weighted by atomic mass is 9.80. The molecule has 0 saturated carbocycles. The van der Waals surface area contributed by atoms with Gasteiger partial charge in [0.25, 0.3) is 0 Å². The molecule has 0 bridgehead atoms. The molecule has 4 nitrogen and oxygen atoms in total. The van der Waals surface area contributed by atoms with E-state index >= 15 is 0 Å². The van der Waals surface area contributed by atoms with Gasteiger partial charge in [-0.2, -0.15) is 0 Å². The van der Waals surface area contributed by atoms with Crippen molar-refractivity contribution in [3.05, 3.63) is 0 Å². The van der Waals surface area contributed by atoms with Crippen LogP contribution >= 0.6 is 0 Å². The maximum atomic E-state index is 5.64. The van der Waals surface area contributed by atoms with Crippen LogP contribution in [0.25, 0.3) is 0 Å². The molecule has 0 unspecified atom stereocenters. The molecular formula is C16H34O4. The van der Waals surface area contributed by atoms with Gasteiger partial charge in [-0.1, -0.05) is 6.92 Å². The average Bonchev–Trinajstić information content (AvgIpc) is 2.21. The Kier molecular flexibility index (Phi) is 6.25. The third-order valence-corrected chi connectivity index (χ3v) is 3.10. The summed E-state index contributed by atoms with van der Waals surface area (Å²) in [5.41, 5.74) is -1.69. The van der Waals surface area contributed by atoms with E-state index in [0.29, 0.717) is 0 Å². The molecular weight excluding hydrogens is 256 g/mol. The van der Waals surface area contributed by atoms with E-state index in [-0.39, 0.29) is 17.1 Å². The molecule has 0 fully saturated rings. The van der Waals surface area contributed by atoms with Crippen LogP contribution in [-0.2, 0) is 19.6 Å². The van der Waals surface area contributed by atoms with Gasteiger partial charge in [-0.3, -0.25) is 0 Å². The monoisotopic (exact) mass is 290 g/mol. The maximum absolute atomic E-state index is 5.64. The Morgan fingerprint density at radius 1 is 0.500 bits per heavy atom. The Labute approximate surface area is 125 Å². The lowest BCUT2D eigenvalue weighted by Crippen LogP contribution is -2.48. The second kappa shape index (κ2) is 6.30. The third-order valence-electron chi connectivity index (χ3n) is 3.10. The first-order chi connectivity index (χ1) is 8.57. The highest BCUT2D eigenvalue weighted by atomic mass is 17.2. The molecule has 0 aromatic carbocycles. The summed E-state index contributed by atoms with van der Waals surface area (Å²) < 4.78 is 0. The van der Waals surface area contributed by atoms with E-state index in [0.717, 1.165) is 0 Å². The predicted molar refractivity (Wildman–Crippen MR) is 81.2 cm³/mol. The van der Waals surface area contributed by atoms with Crippen LogP contribution in [0.3, 0.4) is 0 Å². The largest absolute Gasteiger partial charge is 0.230 e. The fourth-order valence-corrected chi connectivity index (χ4v) is 1.45. The van der Waals surface area contributed by atoms with Crippen LogP contribution in [0.2, 0.25) is 0 Å². The standard InChI is InChI=1S/C16H34O4/c1-12(15(8,9)19-17-13(2,3)4)16(10,11)20-18-14(5,6)7/h12H,1-11H3. The van der Waals surface area contributed by atoms with Crippen LogP contribution in [-0.4, -0.2) is 22.4 Å². The van der Waals surface area contributed by atoms with Gasteiger partial charge in [0.05, 0.1) is 11.2 Å². The Balaban J connectivity index is 4.70. The molecule has 0 rings (SSSR count). The summed E-state index contributed by atoms with van der Waals surface area (Å²) in [6.45, 7) is 21.8. The molecule has 122 valence electrons. The Hall–Kier alpha value is -0.160. The molecule has 0 N–H and O–H groups in total. The zero-order valence-corrected chi connectivity index (χ0v) is 15.2. The minimum absolute atomic E-state index is 0.0553. The summed E-state index contributed by atoms with van der Waals surface area (Å²) >= 11 is 0. The minimum atomic E-state index is -0.502. The molecule has 0 aliphatic carbocycles. The van der Waals surface area contributed by atoms with Crippen LogP contribution in [0.5, 0.6) is 0 Å². The van der Waals surface area contributed by atoms with Gasteiger partial charge in [0, 0.05) is 5.92 Å². The van der Waals surface area contributed by atoms with Gasteiger partial charge >= 0.3 is 0 Å². The maximum Gasteiger partial charge on any atom is 0.103 e. The molecule has 4 heteroatoms. The van der Waals surface area contributed by atoms with Crippen LogP contribution in [0.1, 0.15) is 76.2 Å². The molecule has 0 saturated heterocycles. The van der Waals surface area contributed by atoms with Crippen molar-refractivity contribution in [2.24, 2.45) is 5.92 Å². The molecule has 0 aliphatic heterocycles. The van der Waals surface area contributed by atoms with Gasteiger partial charge in [0.2, 0.25) is 0 Å². The van der Waals surface area contributed by atoms with Gasteiger partial charge in [-0.05, 0) is 69.2 Å². The SMILES string of the molecule is CC(C(C)(C)OOC(C)(C)C)C(C)(C)OOC(C)(C)C. The van der Waals surface area contributed by atoms with E-state index in [1.165, 1.54) is 0 Å². The summed E-state index contributed by atoms with van der Waals surface area (Å²) in [4.78, 5) is 22.2. The molecule has 0 amide bonds. The highest BCUT2D eigenvalue weighted by molar-refractivity contribution is 4.87. The predicted octanol–water partition coefficient (Wildman–Crippen LogP) is 4.67. The molecule has 0 aliphatic rings. The highest BCUT2D eigenvalue weighted by Crippen LogP contribution is 2.35. The van der Waals surface area contributed by atoms with Crippen molar-refractivity contribution in [3.63, 3.8) is 0 Å². The molecule has 20 heavy (non-hydrogen) atoms. The molecule has 0 spiro atoms. The first kappa shape index (κ1) is 19.8. The molecule has 0 heterocycles. The van der Waals surface area contributed by atoms with Gasteiger partial charge in [0.15, 0.2) is 0 Å². The van der Waals surface area contributed by atoms with Crippen LogP contribution in [0, 0.1) is 5.92 Å². The third kappa shape index (κ3) is 7.58. The van der Waals surface area contributed by atoms with Crippen molar-refractivity contribution in [2.45, 2.75) is 98.6 Å². The van der Waals surface area contributed by atoms with Crippen molar-refractivity contribution >= 4 is 0 Å². The van der Waals surface area contributed by atoms with Crippen molar-refractivity contribution in [2.75, 3.05) is 0 Å². The number of hydrogen-bond donors (Lipinski definition) is 0. The Bertz CT molecular complexity index is 265. The van der Waals surface area contributed by atoms with Gasteiger partial charge in [-0.15, -0.1) is 0 Å². The van der Waals surface area contributed by atoms with E-state index in [1.54, 1.807) is 0 Å². The van der Waals surface area contributed by atoms with Gasteiger partial charge in [0.1, 0.15) is 11.2 Å². The first-order valence-electron chi connectivity index (χ1n) is 7.30. The minimum Gasteiger partial charge on any atom is -0.230 e. The first-order valence-corrected chi connectivity index (χ1v) is 7.30. The lowest BCUT2D eigenvalue weighted by Gasteiger charge is -2.41. The van der Waals surface area contributed by atoms with E-state index in [2.05, 4.69) is 6.92 Å². The topological polar surface area (TPSA) is 36.9 Å². The summed E-state index contributed by atoms with van der Waals surface area (Å²) in [6.07, 6.45) is 0. The lowest BCUT2D eigenvalue weighted by molar-refractivity contribution is -0.441. The smallest absolute Gasteiger partial charge is 0.103 e. The van der Waals surface area contributed by atoms with Gasteiger partial charge in [-0.25, -0.2) is 19.6 Å². The van der Waals surface area contributed by atoms with Crippen molar-refractivity contribution < 1.29 is 19.6 Å². The van der Waals surface area contributed by atoms with Crippen molar-refractivity contribution in [1.82, 2.24) is 0 Å². The summed E-state index contributed by atoms with van der Waals surface area (Å²) in [5, 5.41) is 0. The molecule has 0 atom stereocenters. The van der Waals surface area contributed by atoms with Crippen molar-refractivity contribution in [1.29, 1.82) is 0 Å². The van der Waals surface area contributed by atoms with Crippen LogP contribution in [0.15, 0.2) is 0 Å². The summed E-state index contributed by atoms with van der Waals surface area (Å²) in [6, 6.07) is 0. The van der Waals surface area contributed by atoms with Crippen LogP contribution < -0.4 is 0 Å². The van der Waals surface area contributed by atoms with Crippen molar-refractivity contribution in [3.8, 4) is 0 Å². The Morgan fingerprint density at radius 2 is 0.750 bits per heavy atom. The fraction of sp³-hybridized carbons (Fsp3) is 1.00. The normalized spacial score (nSPS) is 15.0. The number of hydrogen-bond acceptors (Lipinski definition) is 4. The van der Waals surface area contributed by atoms with E-state index in [9.17, 15) is 0 Å². The molecule has 0 radical (unpaired) electrons. The average molecular weight is 290 g/mol. The zero-order chi connectivity index (χ0) is 16.4. The summed E-state index contributed by atoms with van der Waals surface area (Å²) in [5.74, 6) is 0.0553. The van der Waals surface area contributed by atoms with E-state index in [1.807, 2.05) is 69.2 Å². The molecule has 0 aromatic heterocycles. The second-order valence-corrected chi connectivity index (χ2v) is 8.49. The number of rotatable bonds is 6.